The minimum absolute atomic E-state index is 0.0261. The van der Waals surface area contributed by atoms with Crippen LogP contribution in [-0.2, 0) is 6.61 Å². The second-order valence-corrected chi connectivity index (χ2v) is 6.07. The summed E-state index contributed by atoms with van der Waals surface area (Å²) in [6, 6.07) is 15.8. The monoisotopic (exact) mass is 362 g/mol. The van der Waals surface area contributed by atoms with E-state index in [9.17, 15) is 14.9 Å². The van der Waals surface area contributed by atoms with Crippen LogP contribution in [0.4, 0.5) is 5.82 Å². The van der Waals surface area contributed by atoms with Crippen molar-refractivity contribution in [1.82, 2.24) is 4.98 Å². The van der Waals surface area contributed by atoms with Gasteiger partial charge >= 0.3 is 11.4 Å². The van der Waals surface area contributed by atoms with Crippen LogP contribution in [0.25, 0.3) is 21.7 Å². The molecule has 7 heteroatoms. The van der Waals surface area contributed by atoms with Crippen LogP contribution in [0, 0.1) is 17.0 Å². The Bertz CT molecular complexity index is 1250. The SMILES string of the molecule is Cc1ccc(OCc2cc(=O)oc3ccc4ccccc4c23)c([N+](=O)[O-])n1. The molecule has 27 heavy (non-hydrogen) atoms. The fourth-order valence-electron chi connectivity index (χ4n) is 3.06. The Morgan fingerprint density at radius 1 is 1.15 bits per heavy atom. The molecule has 0 saturated carbocycles. The molecule has 0 aliphatic heterocycles. The van der Waals surface area contributed by atoms with Crippen molar-refractivity contribution in [3.8, 4) is 5.75 Å². The third kappa shape index (κ3) is 3.10. The van der Waals surface area contributed by atoms with Crippen molar-refractivity contribution in [2.75, 3.05) is 0 Å². The number of aryl methyl sites for hydroxylation is 1. The average Bonchev–Trinajstić information content (AvgIpc) is 2.66. The van der Waals surface area contributed by atoms with E-state index in [1.165, 1.54) is 12.1 Å². The first-order valence-electron chi connectivity index (χ1n) is 8.22. The van der Waals surface area contributed by atoms with Gasteiger partial charge in [0.15, 0.2) is 0 Å². The van der Waals surface area contributed by atoms with E-state index in [1.807, 2.05) is 30.3 Å². The lowest BCUT2D eigenvalue weighted by Gasteiger charge is -2.10. The average molecular weight is 362 g/mol. The summed E-state index contributed by atoms with van der Waals surface area (Å²) in [5.74, 6) is -0.306. The summed E-state index contributed by atoms with van der Waals surface area (Å²) in [5.41, 5.74) is 1.04. The molecule has 0 atom stereocenters. The number of rotatable bonds is 4. The van der Waals surface area contributed by atoms with E-state index in [-0.39, 0.29) is 18.2 Å². The lowest BCUT2D eigenvalue weighted by atomic mass is 10.0. The van der Waals surface area contributed by atoms with Gasteiger partial charge < -0.3 is 19.3 Å². The van der Waals surface area contributed by atoms with Gasteiger partial charge in [-0.05, 0) is 38.9 Å². The van der Waals surface area contributed by atoms with Crippen molar-refractivity contribution in [3.05, 3.63) is 86.4 Å². The number of ether oxygens (including phenoxy) is 1. The van der Waals surface area contributed by atoms with Gasteiger partial charge in [0.2, 0.25) is 5.75 Å². The van der Waals surface area contributed by atoms with Gasteiger partial charge in [-0.25, -0.2) is 4.79 Å². The summed E-state index contributed by atoms with van der Waals surface area (Å²) < 4.78 is 11.0. The van der Waals surface area contributed by atoms with Gasteiger partial charge in [-0.15, -0.1) is 0 Å². The Hall–Kier alpha value is -3.74. The molecule has 4 rings (SSSR count). The Balaban J connectivity index is 1.82. The zero-order valence-electron chi connectivity index (χ0n) is 14.3. The molecule has 0 N–H and O–H groups in total. The smallest absolute Gasteiger partial charge is 0.406 e. The van der Waals surface area contributed by atoms with Crippen LogP contribution in [0.2, 0.25) is 0 Å². The summed E-state index contributed by atoms with van der Waals surface area (Å²) in [4.78, 5) is 26.5. The first-order valence-corrected chi connectivity index (χ1v) is 8.22. The molecule has 134 valence electrons. The number of fused-ring (bicyclic) bond motifs is 3. The van der Waals surface area contributed by atoms with Crippen molar-refractivity contribution in [2.45, 2.75) is 13.5 Å². The lowest BCUT2D eigenvalue weighted by Crippen LogP contribution is -2.06. The molecule has 0 unspecified atom stereocenters. The van der Waals surface area contributed by atoms with Crippen molar-refractivity contribution >= 4 is 27.6 Å². The van der Waals surface area contributed by atoms with Crippen LogP contribution in [0.5, 0.6) is 5.75 Å². The van der Waals surface area contributed by atoms with Gasteiger partial charge in [0, 0.05) is 23.9 Å². The zero-order chi connectivity index (χ0) is 19.0. The number of nitrogens with zero attached hydrogens (tertiary/aromatic N) is 2. The van der Waals surface area contributed by atoms with Gasteiger partial charge in [-0.3, -0.25) is 0 Å². The molecule has 0 fully saturated rings. The van der Waals surface area contributed by atoms with Crippen molar-refractivity contribution in [1.29, 1.82) is 0 Å². The van der Waals surface area contributed by atoms with Gasteiger partial charge in [0.05, 0.1) is 0 Å². The number of pyridine rings is 1. The largest absolute Gasteiger partial charge is 0.481 e. The summed E-state index contributed by atoms with van der Waals surface area (Å²) in [7, 11) is 0. The topological polar surface area (TPSA) is 95.5 Å². The molecule has 0 bridgehead atoms. The van der Waals surface area contributed by atoms with Crippen LogP contribution < -0.4 is 10.4 Å². The van der Waals surface area contributed by atoms with E-state index in [0.29, 0.717) is 16.8 Å². The Kier molecular flexibility index (Phi) is 4.04. The van der Waals surface area contributed by atoms with E-state index in [4.69, 9.17) is 9.15 Å². The van der Waals surface area contributed by atoms with Gasteiger partial charge in [0.1, 0.15) is 17.9 Å². The Labute approximate surface area is 153 Å². The third-order valence-electron chi connectivity index (χ3n) is 4.25. The molecule has 2 aromatic heterocycles. The highest BCUT2D eigenvalue weighted by Gasteiger charge is 2.18. The molecular weight excluding hydrogens is 348 g/mol. The van der Waals surface area contributed by atoms with Crippen molar-refractivity contribution in [2.24, 2.45) is 0 Å². The zero-order valence-corrected chi connectivity index (χ0v) is 14.3. The Morgan fingerprint density at radius 2 is 1.96 bits per heavy atom. The molecule has 0 aliphatic carbocycles. The van der Waals surface area contributed by atoms with Crippen molar-refractivity contribution in [3.63, 3.8) is 0 Å². The summed E-state index contributed by atoms with van der Waals surface area (Å²) in [6.45, 7) is 1.64. The second kappa shape index (κ2) is 6.53. The predicted molar refractivity (Wildman–Crippen MR) is 100.0 cm³/mol. The first-order chi connectivity index (χ1) is 13.0. The molecular formula is C20H14N2O5. The standard InChI is InChI=1S/C20H14N2O5/c1-12-6-8-17(20(21-12)22(24)25)26-11-14-10-18(23)27-16-9-7-13-4-2-3-5-15(13)19(14)16/h2-10H,11H2,1H3. The van der Waals surface area contributed by atoms with E-state index in [0.717, 1.165) is 16.2 Å². The maximum atomic E-state index is 11.9. The Morgan fingerprint density at radius 3 is 2.78 bits per heavy atom. The molecule has 0 amide bonds. The quantitative estimate of drug-likeness (QED) is 0.234. The fourth-order valence-corrected chi connectivity index (χ4v) is 3.06. The third-order valence-corrected chi connectivity index (χ3v) is 4.25. The van der Waals surface area contributed by atoms with E-state index in [1.54, 1.807) is 19.1 Å². The van der Waals surface area contributed by atoms with Crippen LogP contribution in [0.15, 0.2) is 63.8 Å². The van der Waals surface area contributed by atoms with E-state index >= 15 is 0 Å². The van der Waals surface area contributed by atoms with Crippen LogP contribution in [0.1, 0.15) is 11.3 Å². The summed E-state index contributed by atoms with van der Waals surface area (Å²) in [6.07, 6.45) is 0. The lowest BCUT2D eigenvalue weighted by molar-refractivity contribution is -0.390. The fraction of sp³-hybridized carbons (Fsp3) is 0.100. The molecule has 0 aliphatic rings. The highest BCUT2D eigenvalue weighted by atomic mass is 16.6. The summed E-state index contributed by atoms with van der Waals surface area (Å²) in [5, 5.41) is 13.9. The van der Waals surface area contributed by atoms with Crippen molar-refractivity contribution < 1.29 is 14.1 Å². The molecule has 0 spiro atoms. The number of benzene rings is 2. The normalized spacial score (nSPS) is 11.0. The number of aromatic nitrogens is 1. The number of nitro groups is 1. The molecule has 4 aromatic rings. The van der Waals surface area contributed by atoms with Crippen LogP contribution >= 0.6 is 0 Å². The molecule has 2 aromatic carbocycles. The van der Waals surface area contributed by atoms with Gasteiger partial charge in [-0.1, -0.05) is 30.3 Å². The number of hydrogen-bond acceptors (Lipinski definition) is 6. The molecule has 0 saturated heterocycles. The minimum Gasteiger partial charge on any atom is -0.481 e. The molecule has 7 nitrogen and oxygen atoms in total. The predicted octanol–water partition coefficient (Wildman–Crippen LogP) is 4.14. The molecule has 0 radical (unpaired) electrons. The highest BCUT2D eigenvalue weighted by molar-refractivity contribution is 6.07. The molecule has 2 heterocycles. The van der Waals surface area contributed by atoms with E-state index < -0.39 is 10.5 Å². The van der Waals surface area contributed by atoms with Gasteiger partial charge in [-0.2, -0.15) is 0 Å². The first kappa shape index (κ1) is 16.7. The highest BCUT2D eigenvalue weighted by Crippen LogP contribution is 2.30. The van der Waals surface area contributed by atoms with E-state index in [2.05, 4.69) is 4.98 Å². The maximum Gasteiger partial charge on any atom is 0.406 e. The van der Waals surface area contributed by atoms with Crippen LogP contribution in [-0.4, -0.2) is 9.91 Å². The summed E-state index contributed by atoms with van der Waals surface area (Å²) >= 11 is 0. The maximum absolute atomic E-state index is 11.9. The minimum atomic E-state index is -0.588. The second-order valence-electron chi connectivity index (χ2n) is 6.07. The van der Waals surface area contributed by atoms with Crippen LogP contribution in [0.3, 0.4) is 0 Å². The number of hydrogen-bond donors (Lipinski definition) is 0. The van der Waals surface area contributed by atoms with Gasteiger partial charge in [0.25, 0.3) is 0 Å².